The Hall–Kier alpha value is -2.83. The molecule has 1 aromatic rings. The molecule has 0 saturated carbocycles. The summed E-state index contributed by atoms with van der Waals surface area (Å²) in [5, 5.41) is 5.37. The first-order chi connectivity index (χ1) is 12.0. The van der Waals surface area contributed by atoms with Gasteiger partial charge in [0.25, 0.3) is 5.91 Å². The highest BCUT2D eigenvalue weighted by Crippen LogP contribution is 2.10. The van der Waals surface area contributed by atoms with E-state index in [1.807, 2.05) is 37.3 Å². The molecule has 0 radical (unpaired) electrons. The van der Waals surface area contributed by atoms with Crippen LogP contribution in [0.5, 0.6) is 0 Å². The van der Waals surface area contributed by atoms with E-state index in [1.54, 1.807) is 15.9 Å². The molecule has 0 spiro atoms. The number of carbonyl (C=O) groups excluding carboxylic acids is 3. The van der Waals surface area contributed by atoms with Crippen LogP contribution in [0, 0.1) is 0 Å². The zero-order chi connectivity index (χ0) is 18.2. The Bertz CT molecular complexity index is 650. The Balaban J connectivity index is 2.06. The molecule has 4 amide bonds. The van der Waals surface area contributed by atoms with E-state index >= 15 is 0 Å². The Kier molecular flexibility index (Phi) is 6.56. The van der Waals surface area contributed by atoms with E-state index in [0.717, 1.165) is 5.56 Å². The predicted octanol–water partition coefficient (Wildman–Crippen LogP) is 1.04. The van der Waals surface area contributed by atoms with Crippen LogP contribution in [0.4, 0.5) is 4.79 Å². The normalized spacial score (nSPS) is 14.9. The van der Waals surface area contributed by atoms with Crippen LogP contribution in [0.2, 0.25) is 0 Å². The standard InChI is InChI=1S/C18H24N4O3/c1-3-19-18(25)22-11-9-21(10-12-22)17(24)16(20-14(2)23)13-15-7-5-4-6-8-15/h4-8,13H,3,9-12H2,1-2H3,(H,19,25)(H,20,23)/b16-13-. The van der Waals surface area contributed by atoms with E-state index in [1.165, 1.54) is 6.92 Å². The average molecular weight is 344 g/mol. The summed E-state index contributed by atoms with van der Waals surface area (Å²) in [6.45, 7) is 5.62. The summed E-state index contributed by atoms with van der Waals surface area (Å²) >= 11 is 0. The molecule has 2 rings (SSSR count). The Labute approximate surface area is 147 Å². The van der Waals surface area contributed by atoms with Crippen molar-refractivity contribution in [3.05, 3.63) is 41.6 Å². The van der Waals surface area contributed by atoms with Gasteiger partial charge in [-0.25, -0.2) is 4.79 Å². The fourth-order valence-electron chi connectivity index (χ4n) is 2.60. The largest absolute Gasteiger partial charge is 0.338 e. The zero-order valence-corrected chi connectivity index (χ0v) is 14.6. The van der Waals surface area contributed by atoms with E-state index in [-0.39, 0.29) is 23.5 Å². The van der Waals surface area contributed by atoms with E-state index < -0.39 is 0 Å². The van der Waals surface area contributed by atoms with Gasteiger partial charge in [0.1, 0.15) is 5.70 Å². The number of urea groups is 1. The van der Waals surface area contributed by atoms with Crippen molar-refractivity contribution in [2.75, 3.05) is 32.7 Å². The summed E-state index contributed by atoms with van der Waals surface area (Å²) in [5.74, 6) is -0.536. The lowest BCUT2D eigenvalue weighted by molar-refractivity contribution is -0.130. The van der Waals surface area contributed by atoms with Gasteiger partial charge in [-0.3, -0.25) is 9.59 Å². The van der Waals surface area contributed by atoms with E-state index in [9.17, 15) is 14.4 Å². The van der Waals surface area contributed by atoms with Gasteiger partial charge < -0.3 is 20.4 Å². The molecule has 7 heteroatoms. The highest BCUT2D eigenvalue weighted by molar-refractivity contribution is 6.01. The lowest BCUT2D eigenvalue weighted by Crippen LogP contribution is -2.54. The highest BCUT2D eigenvalue weighted by Gasteiger charge is 2.26. The molecule has 7 nitrogen and oxygen atoms in total. The lowest BCUT2D eigenvalue weighted by Gasteiger charge is -2.35. The fourth-order valence-corrected chi connectivity index (χ4v) is 2.60. The van der Waals surface area contributed by atoms with Crippen molar-refractivity contribution in [2.24, 2.45) is 0 Å². The van der Waals surface area contributed by atoms with Crippen molar-refractivity contribution < 1.29 is 14.4 Å². The molecule has 0 aromatic heterocycles. The third-order valence-electron chi connectivity index (χ3n) is 3.83. The van der Waals surface area contributed by atoms with Gasteiger partial charge in [-0.1, -0.05) is 30.3 Å². The third kappa shape index (κ3) is 5.34. The molecular weight excluding hydrogens is 320 g/mol. The van der Waals surface area contributed by atoms with Crippen LogP contribution in [0.3, 0.4) is 0 Å². The second kappa shape index (κ2) is 8.86. The molecule has 0 atom stereocenters. The zero-order valence-electron chi connectivity index (χ0n) is 14.6. The van der Waals surface area contributed by atoms with Crippen LogP contribution >= 0.6 is 0 Å². The van der Waals surface area contributed by atoms with Gasteiger partial charge in [-0.2, -0.15) is 0 Å². The minimum absolute atomic E-state index is 0.114. The maximum absolute atomic E-state index is 12.8. The quantitative estimate of drug-likeness (QED) is 0.801. The van der Waals surface area contributed by atoms with Crippen molar-refractivity contribution in [1.29, 1.82) is 0 Å². The molecule has 25 heavy (non-hydrogen) atoms. The molecule has 0 unspecified atom stereocenters. The van der Waals surface area contributed by atoms with E-state index in [4.69, 9.17) is 0 Å². The molecule has 1 aromatic carbocycles. The molecule has 134 valence electrons. The van der Waals surface area contributed by atoms with Crippen molar-refractivity contribution in [3.8, 4) is 0 Å². The summed E-state index contributed by atoms with van der Waals surface area (Å²) < 4.78 is 0. The lowest BCUT2D eigenvalue weighted by atomic mass is 10.1. The van der Waals surface area contributed by atoms with Gasteiger partial charge in [-0.05, 0) is 18.6 Å². The minimum atomic E-state index is -0.295. The van der Waals surface area contributed by atoms with Gasteiger partial charge in [-0.15, -0.1) is 0 Å². The number of hydrogen-bond acceptors (Lipinski definition) is 3. The smallest absolute Gasteiger partial charge is 0.317 e. The second-order valence-electron chi connectivity index (χ2n) is 5.76. The highest BCUT2D eigenvalue weighted by atomic mass is 16.2. The second-order valence-corrected chi connectivity index (χ2v) is 5.76. The number of nitrogens with zero attached hydrogens (tertiary/aromatic N) is 2. The first kappa shape index (κ1) is 18.5. The van der Waals surface area contributed by atoms with Crippen LogP contribution < -0.4 is 10.6 Å². The molecule has 2 N–H and O–H groups in total. The maximum atomic E-state index is 12.8. The predicted molar refractivity (Wildman–Crippen MR) is 95.5 cm³/mol. The van der Waals surface area contributed by atoms with Crippen LogP contribution in [0.1, 0.15) is 19.4 Å². The molecule has 1 saturated heterocycles. The monoisotopic (exact) mass is 344 g/mol. The van der Waals surface area contributed by atoms with Gasteiger partial charge in [0.15, 0.2) is 0 Å². The number of nitrogens with one attached hydrogen (secondary N) is 2. The van der Waals surface area contributed by atoms with Crippen LogP contribution in [-0.2, 0) is 9.59 Å². The summed E-state index contributed by atoms with van der Waals surface area (Å²) in [6, 6.07) is 9.23. The Morgan fingerprint density at radius 3 is 2.20 bits per heavy atom. The van der Waals surface area contributed by atoms with Gasteiger partial charge in [0.2, 0.25) is 5.91 Å². The van der Waals surface area contributed by atoms with Gasteiger partial charge in [0.05, 0.1) is 0 Å². The molecule has 0 aliphatic carbocycles. The van der Waals surface area contributed by atoms with Crippen LogP contribution in [0.25, 0.3) is 6.08 Å². The number of benzene rings is 1. The van der Waals surface area contributed by atoms with Gasteiger partial charge in [0, 0.05) is 39.6 Å². The third-order valence-corrected chi connectivity index (χ3v) is 3.83. The minimum Gasteiger partial charge on any atom is -0.338 e. The molecular formula is C18H24N4O3. The first-order valence-corrected chi connectivity index (χ1v) is 8.37. The van der Waals surface area contributed by atoms with Crippen LogP contribution in [0.15, 0.2) is 36.0 Å². The molecule has 1 heterocycles. The summed E-state index contributed by atoms with van der Waals surface area (Å²) in [6.07, 6.45) is 1.67. The summed E-state index contributed by atoms with van der Waals surface area (Å²) in [4.78, 5) is 39.4. The topological polar surface area (TPSA) is 81.8 Å². The molecule has 0 bridgehead atoms. The van der Waals surface area contributed by atoms with Gasteiger partial charge >= 0.3 is 6.03 Å². The van der Waals surface area contributed by atoms with Crippen molar-refractivity contribution in [2.45, 2.75) is 13.8 Å². The van der Waals surface area contributed by atoms with E-state index in [2.05, 4.69) is 10.6 Å². The average Bonchev–Trinajstić information content (AvgIpc) is 2.61. The molecule has 1 aliphatic rings. The fraction of sp³-hybridized carbons (Fsp3) is 0.389. The number of amides is 4. The SMILES string of the molecule is CCNC(=O)N1CCN(C(=O)/C(=C/c2ccccc2)NC(C)=O)CC1. The number of hydrogen-bond donors (Lipinski definition) is 2. The summed E-state index contributed by atoms with van der Waals surface area (Å²) in [5.41, 5.74) is 1.07. The Morgan fingerprint density at radius 2 is 1.64 bits per heavy atom. The maximum Gasteiger partial charge on any atom is 0.317 e. The van der Waals surface area contributed by atoms with E-state index in [0.29, 0.717) is 32.7 Å². The number of carbonyl (C=O) groups is 3. The number of piperazine rings is 1. The van der Waals surface area contributed by atoms with Crippen LogP contribution in [-0.4, -0.2) is 60.4 Å². The summed E-state index contributed by atoms with van der Waals surface area (Å²) in [7, 11) is 0. The molecule has 1 aliphatic heterocycles. The van der Waals surface area contributed by atoms with Crippen molar-refractivity contribution in [1.82, 2.24) is 20.4 Å². The number of rotatable bonds is 4. The molecule has 1 fully saturated rings. The van der Waals surface area contributed by atoms with Crippen molar-refractivity contribution >= 4 is 23.9 Å². The van der Waals surface area contributed by atoms with Crippen molar-refractivity contribution in [3.63, 3.8) is 0 Å². The Morgan fingerprint density at radius 1 is 1.04 bits per heavy atom. The first-order valence-electron chi connectivity index (χ1n) is 8.37.